The van der Waals surface area contributed by atoms with Crippen LogP contribution in [0.1, 0.15) is 76.0 Å². The minimum absolute atomic E-state index is 0.0577. The van der Waals surface area contributed by atoms with E-state index in [2.05, 4.69) is 49.5 Å². The molecule has 0 aromatic heterocycles. The normalized spacial score (nSPS) is 35.0. The van der Waals surface area contributed by atoms with Crippen LogP contribution in [0.2, 0.25) is 0 Å². The lowest BCUT2D eigenvalue weighted by Crippen LogP contribution is -2.57. The maximum Gasteiger partial charge on any atom is 0.239 e. The first-order valence-electron chi connectivity index (χ1n) is 14.7. The molecule has 3 fully saturated rings. The number of nitrogens with zero attached hydrogens (tertiary/aromatic N) is 1. The predicted molar refractivity (Wildman–Crippen MR) is 151 cm³/mol. The van der Waals surface area contributed by atoms with Crippen molar-refractivity contribution in [1.29, 1.82) is 0 Å². The molecule has 1 aliphatic heterocycles. The zero-order valence-electron chi connectivity index (χ0n) is 23.2. The van der Waals surface area contributed by atoms with Crippen molar-refractivity contribution in [3.05, 3.63) is 83.6 Å². The second kappa shape index (κ2) is 9.70. The van der Waals surface area contributed by atoms with Crippen molar-refractivity contribution in [3.63, 3.8) is 0 Å². The number of benzene rings is 2. The summed E-state index contributed by atoms with van der Waals surface area (Å²) >= 11 is 0. The maximum absolute atomic E-state index is 14.0. The monoisotopic (exact) mass is 510 g/mol. The van der Waals surface area contributed by atoms with E-state index >= 15 is 0 Å². The third kappa shape index (κ3) is 4.21. The third-order valence-corrected chi connectivity index (χ3v) is 10.9. The Morgan fingerprint density at radius 2 is 1.71 bits per heavy atom. The number of fused-ring (bicyclic) bond motifs is 5. The van der Waals surface area contributed by atoms with Crippen LogP contribution >= 0.6 is 0 Å². The molecule has 1 saturated heterocycles. The highest BCUT2D eigenvalue weighted by Gasteiger charge is 2.59. The first-order chi connectivity index (χ1) is 18.3. The van der Waals surface area contributed by atoms with Crippen LogP contribution in [-0.4, -0.2) is 23.8 Å². The summed E-state index contributed by atoms with van der Waals surface area (Å²) in [4.78, 5) is 29.5. The first-order valence-corrected chi connectivity index (χ1v) is 14.7. The lowest BCUT2D eigenvalue weighted by Gasteiger charge is -2.58. The lowest BCUT2D eigenvalue weighted by atomic mass is 9.49. The van der Waals surface area contributed by atoms with E-state index in [1.807, 2.05) is 48.3 Å². The van der Waals surface area contributed by atoms with E-state index in [0.717, 1.165) is 17.9 Å². The van der Waals surface area contributed by atoms with Gasteiger partial charge in [-0.25, -0.2) is 0 Å². The highest BCUT2D eigenvalue weighted by molar-refractivity contribution is 6.02. The van der Waals surface area contributed by atoms with E-state index in [9.17, 15) is 9.59 Å². The molecule has 2 aromatic rings. The van der Waals surface area contributed by atoms with Crippen molar-refractivity contribution in [2.75, 3.05) is 7.05 Å². The number of hydrogen-bond acceptors (Lipinski definition) is 2. The minimum atomic E-state index is -0.653. The molecule has 3 aliphatic carbocycles. The van der Waals surface area contributed by atoms with Crippen LogP contribution in [-0.2, 0) is 16.0 Å². The van der Waals surface area contributed by atoms with Gasteiger partial charge in [-0.1, -0.05) is 87.0 Å². The second-order valence-electron chi connectivity index (χ2n) is 13.0. The Labute approximate surface area is 227 Å². The summed E-state index contributed by atoms with van der Waals surface area (Å²) in [5, 5.41) is 3.32. The van der Waals surface area contributed by atoms with Crippen molar-refractivity contribution in [2.45, 2.75) is 71.3 Å². The fourth-order valence-corrected chi connectivity index (χ4v) is 8.98. The lowest BCUT2D eigenvalue weighted by molar-refractivity contribution is -0.149. The Kier molecular flexibility index (Phi) is 6.48. The number of likely N-dealkylation sites (tertiary alicyclic amines) is 1. The van der Waals surface area contributed by atoms with Gasteiger partial charge in [0.25, 0.3) is 0 Å². The van der Waals surface area contributed by atoms with Crippen molar-refractivity contribution < 1.29 is 9.59 Å². The molecule has 0 spiro atoms. The largest absolute Gasteiger partial charge is 0.348 e. The van der Waals surface area contributed by atoms with Gasteiger partial charge in [0.2, 0.25) is 11.8 Å². The molecule has 2 saturated carbocycles. The van der Waals surface area contributed by atoms with Gasteiger partial charge in [0.15, 0.2) is 0 Å². The van der Waals surface area contributed by atoms with E-state index < -0.39 is 5.92 Å². The highest BCUT2D eigenvalue weighted by atomic mass is 16.2. The van der Waals surface area contributed by atoms with Crippen molar-refractivity contribution in [2.24, 2.45) is 34.5 Å². The zero-order valence-corrected chi connectivity index (χ0v) is 23.2. The second-order valence-corrected chi connectivity index (χ2v) is 13.0. The van der Waals surface area contributed by atoms with Crippen molar-refractivity contribution >= 4 is 11.8 Å². The first kappa shape index (κ1) is 25.4. The molecule has 2 amide bonds. The number of nitrogens with one attached hydrogen (secondary N) is 1. The summed E-state index contributed by atoms with van der Waals surface area (Å²) in [5.74, 6) is 1.15. The quantitative estimate of drug-likeness (QED) is 0.456. The van der Waals surface area contributed by atoms with Crippen LogP contribution in [0.15, 0.2) is 72.4 Å². The van der Waals surface area contributed by atoms with Gasteiger partial charge in [-0.3, -0.25) is 9.59 Å². The van der Waals surface area contributed by atoms with Crippen LogP contribution in [0.25, 0.3) is 0 Å². The van der Waals surface area contributed by atoms with Crippen molar-refractivity contribution in [3.8, 4) is 0 Å². The number of allylic oxidation sites excluding steroid dienone is 2. The van der Waals surface area contributed by atoms with E-state index in [1.54, 1.807) is 0 Å². The Morgan fingerprint density at radius 1 is 1.00 bits per heavy atom. The van der Waals surface area contributed by atoms with Gasteiger partial charge in [0.1, 0.15) is 5.92 Å². The molecular weight excluding hydrogens is 468 g/mol. The van der Waals surface area contributed by atoms with Crippen LogP contribution < -0.4 is 5.32 Å². The summed E-state index contributed by atoms with van der Waals surface area (Å²) in [6, 6.07) is 20.3. The molecule has 4 aliphatic rings. The molecule has 1 heterocycles. The number of piperidine rings is 1. The molecule has 4 nitrogen and oxygen atoms in total. The molecule has 2 aromatic carbocycles. The summed E-state index contributed by atoms with van der Waals surface area (Å²) in [6.45, 7) is 4.88. The molecule has 7 atom stereocenters. The third-order valence-electron chi connectivity index (χ3n) is 10.9. The average Bonchev–Trinajstić information content (AvgIpc) is 3.33. The summed E-state index contributed by atoms with van der Waals surface area (Å²) in [6.07, 6.45) is 11.3. The number of carbonyl (C=O) groups is 2. The summed E-state index contributed by atoms with van der Waals surface area (Å²) < 4.78 is 0. The van der Waals surface area contributed by atoms with Crippen molar-refractivity contribution in [1.82, 2.24) is 10.2 Å². The molecule has 38 heavy (non-hydrogen) atoms. The van der Waals surface area contributed by atoms with Crippen LogP contribution in [0.4, 0.5) is 0 Å². The number of amides is 2. The Morgan fingerprint density at radius 3 is 2.45 bits per heavy atom. The Bertz CT molecular complexity index is 1220. The molecule has 0 bridgehead atoms. The van der Waals surface area contributed by atoms with Crippen LogP contribution in [0.3, 0.4) is 0 Å². The molecule has 0 radical (unpaired) electrons. The highest BCUT2D eigenvalue weighted by Crippen LogP contribution is 2.64. The topological polar surface area (TPSA) is 49.4 Å². The molecular formula is C34H42N2O2. The van der Waals surface area contributed by atoms with Gasteiger partial charge in [0, 0.05) is 18.2 Å². The molecule has 4 heteroatoms. The number of carbonyl (C=O) groups excluding carboxylic acids is 2. The Balaban J connectivity index is 1.27. The number of rotatable bonds is 5. The average molecular weight is 511 g/mol. The summed E-state index contributed by atoms with van der Waals surface area (Å²) in [7, 11) is 1.90. The van der Waals surface area contributed by atoms with Gasteiger partial charge in [-0.05, 0) is 79.2 Å². The van der Waals surface area contributed by atoms with Gasteiger partial charge in [-0.2, -0.15) is 0 Å². The fourth-order valence-electron chi connectivity index (χ4n) is 8.98. The van der Waals surface area contributed by atoms with Gasteiger partial charge in [0.05, 0.1) is 6.04 Å². The molecule has 1 N–H and O–H groups in total. The summed E-state index contributed by atoms with van der Waals surface area (Å²) in [5.41, 5.74) is 3.75. The maximum atomic E-state index is 14.0. The van der Waals surface area contributed by atoms with E-state index in [0.29, 0.717) is 30.1 Å². The fraction of sp³-hybridized carbons (Fsp3) is 0.529. The molecule has 2 unspecified atom stereocenters. The standard InChI is InChI=1S/C34H42N2O2/c1-33-19-10-15-27(33)25-16-17-30-34(2,28(25)18-20-33)22-26(32(38)36(30)3)31(37)35-29(24-13-8-5-9-14-24)21-23-11-6-4-7-12-23/h4-9,11-14,17,25-29H,10,15-16,18-22H2,1-3H3,(H,35,37)/t25-,26?,27-,28+,29?,33-,34+/m0/s1. The van der Waals surface area contributed by atoms with Gasteiger partial charge in [-0.15, -0.1) is 0 Å². The predicted octanol–water partition coefficient (Wildman–Crippen LogP) is 6.69. The smallest absolute Gasteiger partial charge is 0.239 e. The van der Waals surface area contributed by atoms with Crippen LogP contribution in [0.5, 0.6) is 0 Å². The van der Waals surface area contributed by atoms with E-state index in [1.165, 1.54) is 43.4 Å². The molecule has 200 valence electrons. The van der Waals surface area contributed by atoms with E-state index in [-0.39, 0.29) is 23.3 Å². The van der Waals surface area contributed by atoms with E-state index in [4.69, 9.17) is 0 Å². The SMILES string of the molecule is CN1C(=O)C(C(=O)NC(Cc2ccccc2)c2ccccc2)C[C@@]2(C)C1=CC[C@@H]1[C@H]2CC[C@]2(C)CCC[C@@H]12. The Hall–Kier alpha value is -2.88. The number of hydrogen-bond donors (Lipinski definition) is 1. The van der Waals surface area contributed by atoms with Gasteiger partial charge >= 0.3 is 0 Å². The minimum Gasteiger partial charge on any atom is -0.348 e. The van der Waals surface area contributed by atoms with Gasteiger partial charge < -0.3 is 10.2 Å². The van der Waals surface area contributed by atoms with Crippen LogP contribution in [0, 0.1) is 34.5 Å². The zero-order chi connectivity index (χ0) is 26.5. The molecule has 6 rings (SSSR count).